The maximum atomic E-state index is 6.68. The lowest BCUT2D eigenvalue weighted by Gasteiger charge is -2.34. The van der Waals surface area contributed by atoms with Gasteiger partial charge in [-0.05, 0) is 56.1 Å². The molecule has 194 valence electrons. The van der Waals surface area contributed by atoms with Crippen LogP contribution in [-0.4, -0.2) is 61.4 Å². The molecule has 1 fully saturated rings. The van der Waals surface area contributed by atoms with Crippen LogP contribution in [0.15, 0.2) is 58.6 Å². The highest BCUT2D eigenvalue weighted by Crippen LogP contribution is 2.34. The average molecular weight is 538 g/mol. The highest BCUT2D eigenvalue weighted by atomic mass is 35.5. The summed E-state index contributed by atoms with van der Waals surface area (Å²) < 4.78 is 9.37. The van der Waals surface area contributed by atoms with Gasteiger partial charge in [-0.15, -0.1) is 0 Å². The zero-order chi connectivity index (χ0) is 26.4. The lowest BCUT2D eigenvalue weighted by Crippen LogP contribution is -2.44. The van der Waals surface area contributed by atoms with E-state index in [9.17, 15) is 0 Å². The predicted octanol–water partition coefficient (Wildman–Crippen LogP) is 5.52. The first-order valence-corrected chi connectivity index (χ1v) is 13.2. The summed E-state index contributed by atoms with van der Waals surface area (Å²) in [6.07, 6.45) is 3.13. The van der Waals surface area contributed by atoms with Crippen LogP contribution >= 0.6 is 23.5 Å². The van der Waals surface area contributed by atoms with Crippen molar-refractivity contribution in [3.63, 3.8) is 0 Å². The zero-order valence-electron chi connectivity index (χ0n) is 21.5. The number of halogens is 1. The van der Waals surface area contributed by atoms with Crippen molar-refractivity contribution in [3.8, 4) is 22.9 Å². The number of benzene rings is 2. The Labute approximate surface area is 227 Å². The Bertz CT molecular complexity index is 1290. The summed E-state index contributed by atoms with van der Waals surface area (Å²) in [5, 5.41) is 0.650. The van der Waals surface area contributed by atoms with Gasteiger partial charge >= 0.3 is 0 Å². The number of piperazine rings is 1. The number of nitrogens with one attached hydrogen (secondary N) is 1. The van der Waals surface area contributed by atoms with Gasteiger partial charge in [0.05, 0.1) is 21.3 Å². The Morgan fingerprint density at radius 2 is 1.84 bits per heavy atom. The SMILES string of the molecule is CN=CC(=CN)SNc1nc(Oc2ccc(N3CCN(C)CC3)c(Cl)c2)cc(-c2c(C)cccc2C)n1. The standard InChI is InChI=1S/C27H32ClN7OS/c1-18-6-5-7-19(2)26(18)23-15-25(32-27(31-23)33-37-21(16-29)17-30-3)36-20-8-9-24(22(28)14-20)35-12-10-34(4)11-13-35/h5-9,14-17H,10-13,29H2,1-4H3,(H,31,32,33). The summed E-state index contributed by atoms with van der Waals surface area (Å²) in [6, 6.07) is 13.8. The van der Waals surface area contributed by atoms with E-state index in [0.29, 0.717) is 22.6 Å². The van der Waals surface area contributed by atoms with Crippen LogP contribution in [-0.2, 0) is 0 Å². The number of nitrogens with two attached hydrogens (primary N) is 1. The number of hydrogen-bond acceptors (Lipinski definition) is 9. The second-order valence-electron chi connectivity index (χ2n) is 8.85. The molecule has 10 heteroatoms. The third-order valence-corrected chi connectivity index (χ3v) is 7.17. The van der Waals surface area contributed by atoms with Gasteiger partial charge in [-0.1, -0.05) is 29.8 Å². The number of nitrogens with zero attached hydrogens (tertiary/aromatic N) is 5. The minimum atomic E-state index is 0.393. The second-order valence-corrected chi connectivity index (χ2v) is 10.1. The molecule has 0 bridgehead atoms. The van der Waals surface area contributed by atoms with E-state index in [1.54, 1.807) is 13.3 Å². The van der Waals surface area contributed by atoms with Crippen LogP contribution in [0.4, 0.5) is 11.6 Å². The molecule has 2 heterocycles. The molecule has 3 N–H and O–H groups in total. The number of hydrogen-bond donors (Lipinski definition) is 2. The van der Waals surface area contributed by atoms with E-state index in [-0.39, 0.29) is 0 Å². The molecule has 0 saturated carbocycles. The maximum absolute atomic E-state index is 6.68. The summed E-state index contributed by atoms with van der Waals surface area (Å²) >= 11 is 7.95. The first-order chi connectivity index (χ1) is 17.9. The van der Waals surface area contributed by atoms with E-state index in [4.69, 9.17) is 27.1 Å². The molecule has 2 aromatic carbocycles. The lowest BCUT2D eigenvalue weighted by molar-refractivity contribution is 0.313. The van der Waals surface area contributed by atoms with Gasteiger partial charge in [0.1, 0.15) is 5.75 Å². The van der Waals surface area contributed by atoms with Gasteiger partial charge in [-0.2, -0.15) is 4.98 Å². The van der Waals surface area contributed by atoms with Crippen LogP contribution in [0.25, 0.3) is 11.3 Å². The third kappa shape index (κ3) is 6.74. The topological polar surface area (TPSA) is 91.9 Å². The molecule has 8 nitrogen and oxygen atoms in total. The zero-order valence-corrected chi connectivity index (χ0v) is 23.1. The Morgan fingerprint density at radius 3 is 2.49 bits per heavy atom. The Balaban J connectivity index is 1.64. The molecule has 0 radical (unpaired) electrons. The fourth-order valence-electron chi connectivity index (χ4n) is 4.18. The molecule has 37 heavy (non-hydrogen) atoms. The highest BCUT2D eigenvalue weighted by molar-refractivity contribution is 8.05. The third-order valence-electron chi connectivity index (χ3n) is 6.11. The Morgan fingerprint density at radius 1 is 1.11 bits per heavy atom. The monoisotopic (exact) mass is 537 g/mol. The van der Waals surface area contributed by atoms with Gasteiger partial charge in [-0.25, -0.2) is 4.98 Å². The number of anilines is 2. The second kappa shape index (κ2) is 12.3. The number of ether oxygens (including phenoxy) is 1. The summed E-state index contributed by atoms with van der Waals surface area (Å²) in [5.74, 6) is 1.40. The summed E-state index contributed by atoms with van der Waals surface area (Å²) in [7, 11) is 3.82. The van der Waals surface area contributed by atoms with E-state index in [0.717, 1.165) is 59.2 Å². The van der Waals surface area contributed by atoms with Crippen LogP contribution < -0.4 is 20.1 Å². The van der Waals surface area contributed by atoms with Crippen molar-refractivity contribution >= 4 is 41.4 Å². The van der Waals surface area contributed by atoms with Crippen LogP contribution in [0.1, 0.15) is 11.1 Å². The molecule has 0 amide bonds. The lowest BCUT2D eigenvalue weighted by atomic mass is 10.00. The van der Waals surface area contributed by atoms with Crippen molar-refractivity contribution in [3.05, 3.63) is 69.7 Å². The number of aromatic nitrogens is 2. The van der Waals surface area contributed by atoms with E-state index >= 15 is 0 Å². The summed E-state index contributed by atoms with van der Waals surface area (Å²) in [5.41, 5.74) is 10.7. The van der Waals surface area contributed by atoms with Crippen LogP contribution in [0, 0.1) is 13.8 Å². The number of likely N-dealkylation sites (N-methyl/N-ethyl adjacent to an activating group) is 1. The van der Waals surface area contributed by atoms with Gasteiger partial charge in [0.25, 0.3) is 0 Å². The van der Waals surface area contributed by atoms with Gasteiger partial charge in [0.15, 0.2) is 0 Å². The normalized spacial score (nSPS) is 14.8. The molecule has 0 aliphatic carbocycles. The largest absolute Gasteiger partial charge is 0.439 e. The maximum Gasteiger partial charge on any atom is 0.237 e. The number of allylic oxidation sites excluding steroid dienone is 1. The van der Waals surface area contributed by atoms with Gasteiger partial charge in [0.2, 0.25) is 11.8 Å². The molecule has 1 aliphatic rings. The van der Waals surface area contributed by atoms with E-state index in [1.165, 1.54) is 18.1 Å². The van der Waals surface area contributed by atoms with Crippen LogP contribution in [0.2, 0.25) is 5.02 Å². The molecule has 1 saturated heterocycles. The number of rotatable bonds is 8. The van der Waals surface area contributed by atoms with Crippen molar-refractivity contribution in [2.75, 3.05) is 49.9 Å². The van der Waals surface area contributed by atoms with Gasteiger partial charge in [-0.3, -0.25) is 9.71 Å². The minimum absolute atomic E-state index is 0.393. The summed E-state index contributed by atoms with van der Waals surface area (Å²) in [4.78, 5) is 18.7. The summed E-state index contributed by atoms with van der Waals surface area (Å²) in [6.45, 7) is 8.03. The fourth-order valence-corrected chi connectivity index (χ4v) is 5.00. The van der Waals surface area contributed by atoms with E-state index in [2.05, 4.69) is 57.5 Å². The molecule has 3 aromatic rings. The molecular weight excluding hydrogens is 506 g/mol. The van der Waals surface area contributed by atoms with Crippen LogP contribution in [0.5, 0.6) is 11.6 Å². The molecule has 1 aromatic heterocycles. The fraction of sp³-hybridized carbons (Fsp3) is 0.296. The molecule has 0 unspecified atom stereocenters. The Hall–Kier alpha value is -3.27. The molecular formula is C27H32ClN7OS. The predicted molar refractivity (Wildman–Crippen MR) is 156 cm³/mol. The number of aryl methyl sites for hydroxylation is 2. The Kier molecular flexibility index (Phi) is 8.91. The average Bonchev–Trinajstić information content (AvgIpc) is 2.87. The van der Waals surface area contributed by atoms with E-state index in [1.807, 2.05) is 30.3 Å². The smallest absolute Gasteiger partial charge is 0.237 e. The van der Waals surface area contributed by atoms with Crippen molar-refractivity contribution in [2.45, 2.75) is 13.8 Å². The highest BCUT2D eigenvalue weighted by Gasteiger charge is 2.18. The first-order valence-electron chi connectivity index (χ1n) is 12.0. The molecule has 4 rings (SSSR count). The quantitative estimate of drug-likeness (QED) is 0.287. The van der Waals surface area contributed by atoms with Crippen LogP contribution in [0.3, 0.4) is 0 Å². The van der Waals surface area contributed by atoms with Crippen molar-refractivity contribution < 1.29 is 4.74 Å². The van der Waals surface area contributed by atoms with E-state index < -0.39 is 0 Å². The van der Waals surface area contributed by atoms with Gasteiger partial charge < -0.3 is 20.3 Å². The first kappa shape index (κ1) is 26.8. The molecule has 0 atom stereocenters. The minimum Gasteiger partial charge on any atom is -0.439 e. The van der Waals surface area contributed by atoms with Gasteiger partial charge in [0, 0.05) is 63.3 Å². The molecule has 1 aliphatic heterocycles. The van der Waals surface area contributed by atoms with Crippen molar-refractivity contribution in [1.82, 2.24) is 14.9 Å². The van der Waals surface area contributed by atoms with Crippen molar-refractivity contribution in [2.24, 2.45) is 10.7 Å². The molecule has 0 spiro atoms. The number of aliphatic imine (C=N–C) groups is 1. The van der Waals surface area contributed by atoms with Crippen molar-refractivity contribution in [1.29, 1.82) is 0 Å².